The second-order valence-electron chi connectivity index (χ2n) is 6.60. The molecule has 1 aromatic heterocycles. The van der Waals surface area contributed by atoms with Crippen LogP contribution in [0.4, 0.5) is 4.39 Å². The molecule has 3 rings (SSSR count). The van der Waals surface area contributed by atoms with Gasteiger partial charge in [-0.25, -0.2) is 13.8 Å². The molecule has 1 atom stereocenters. The minimum atomic E-state index is -0.886. The molecule has 0 radical (unpaired) electrons. The number of carbonyl (C=O) groups is 1. The molecular weight excluding hydrogens is 349 g/mol. The van der Waals surface area contributed by atoms with E-state index in [-0.39, 0.29) is 23.0 Å². The van der Waals surface area contributed by atoms with Crippen LogP contribution in [0.1, 0.15) is 26.8 Å². The number of fused-ring (bicyclic) bond motifs is 1. The first-order valence-corrected chi connectivity index (χ1v) is 8.64. The fourth-order valence-corrected chi connectivity index (χ4v) is 3.02. The van der Waals surface area contributed by atoms with Crippen LogP contribution < -0.4 is 16.6 Å². The SMILES string of the molecule is CC(C)NC(=O)[C@@H](C)n1c(=O)n(-c2ccccc2F)c(=O)c2ccccc21. The number of rotatable bonds is 4. The van der Waals surface area contributed by atoms with Gasteiger partial charge in [-0.2, -0.15) is 0 Å². The van der Waals surface area contributed by atoms with Gasteiger partial charge in [0.05, 0.1) is 16.6 Å². The Morgan fingerprint density at radius 1 is 1.00 bits per heavy atom. The molecule has 0 aliphatic carbocycles. The fraction of sp³-hybridized carbons (Fsp3) is 0.250. The molecule has 7 heteroatoms. The summed E-state index contributed by atoms with van der Waals surface area (Å²) in [5, 5.41) is 2.98. The van der Waals surface area contributed by atoms with Crippen molar-refractivity contribution in [1.82, 2.24) is 14.5 Å². The Morgan fingerprint density at radius 2 is 1.63 bits per heavy atom. The summed E-state index contributed by atoms with van der Waals surface area (Å²) in [6, 6.07) is 11.0. The fourth-order valence-electron chi connectivity index (χ4n) is 3.02. The second kappa shape index (κ2) is 7.19. The topological polar surface area (TPSA) is 73.1 Å². The monoisotopic (exact) mass is 369 g/mol. The van der Waals surface area contributed by atoms with Crippen LogP contribution in [0.3, 0.4) is 0 Å². The minimum absolute atomic E-state index is 0.112. The predicted molar refractivity (Wildman–Crippen MR) is 102 cm³/mol. The number of hydrogen-bond donors (Lipinski definition) is 1. The van der Waals surface area contributed by atoms with Gasteiger partial charge in [0.1, 0.15) is 11.9 Å². The highest BCUT2D eigenvalue weighted by molar-refractivity contribution is 5.84. The predicted octanol–water partition coefficient (Wildman–Crippen LogP) is 2.38. The molecule has 27 heavy (non-hydrogen) atoms. The van der Waals surface area contributed by atoms with Gasteiger partial charge >= 0.3 is 5.69 Å². The summed E-state index contributed by atoms with van der Waals surface area (Å²) < 4.78 is 16.3. The van der Waals surface area contributed by atoms with E-state index in [0.29, 0.717) is 5.52 Å². The Kier molecular flexibility index (Phi) is 4.94. The molecule has 2 aromatic carbocycles. The zero-order valence-corrected chi connectivity index (χ0v) is 15.3. The molecule has 1 amide bonds. The highest BCUT2D eigenvalue weighted by atomic mass is 19.1. The van der Waals surface area contributed by atoms with Crippen molar-refractivity contribution >= 4 is 16.8 Å². The molecule has 140 valence electrons. The van der Waals surface area contributed by atoms with Gasteiger partial charge in [-0.05, 0) is 45.0 Å². The van der Waals surface area contributed by atoms with Crippen LogP contribution in [-0.4, -0.2) is 21.1 Å². The van der Waals surface area contributed by atoms with E-state index in [1.54, 1.807) is 37.3 Å². The number of aromatic nitrogens is 2. The Morgan fingerprint density at radius 3 is 2.30 bits per heavy atom. The Balaban J connectivity index is 2.37. The average molecular weight is 369 g/mol. The summed E-state index contributed by atoms with van der Waals surface area (Å²) in [4.78, 5) is 38.6. The number of nitrogens with zero attached hydrogens (tertiary/aromatic N) is 2. The third-order valence-corrected chi connectivity index (χ3v) is 4.29. The first kappa shape index (κ1) is 18.6. The molecule has 1 heterocycles. The van der Waals surface area contributed by atoms with Crippen LogP contribution in [0.5, 0.6) is 0 Å². The van der Waals surface area contributed by atoms with Gasteiger partial charge in [-0.1, -0.05) is 24.3 Å². The van der Waals surface area contributed by atoms with E-state index < -0.39 is 23.1 Å². The zero-order valence-electron chi connectivity index (χ0n) is 15.3. The molecule has 3 aromatic rings. The van der Waals surface area contributed by atoms with Crippen molar-refractivity contribution in [2.75, 3.05) is 0 Å². The lowest BCUT2D eigenvalue weighted by Crippen LogP contribution is -2.45. The Hall–Kier alpha value is -3.22. The maximum Gasteiger partial charge on any atom is 0.336 e. The van der Waals surface area contributed by atoms with E-state index in [2.05, 4.69) is 5.32 Å². The highest BCUT2D eigenvalue weighted by Gasteiger charge is 2.23. The van der Waals surface area contributed by atoms with Gasteiger partial charge in [0.25, 0.3) is 5.56 Å². The number of benzene rings is 2. The van der Waals surface area contributed by atoms with Gasteiger partial charge < -0.3 is 5.32 Å². The normalized spacial score (nSPS) is 12.3. The zero-order chi connectivity index (χ0) is 19.7. The molecule has 0 aliphatic heterocycles. The van der Waals surface area contributed by atoms with Crippen LogP contribution >= 0.6 is 0 Å². The molecule has 0 bridgehead atoms. The van der Waals surface area contributed by atoms with Crippen molar-refractivity contribution in [3.05, 3.63) is 75.2 Å². The number of nitrogens with one attached hydrogen (secondary N) is 1. The standard InChI is InChI=1S/C20H20FN3O3/c1-12(2)22-18(25)13(3)23-16-10-6-4-8-14(16)19(26)24(20(23)27)17-11-7-5-9-15(17)21/h4-13H,1-3H3,(H,22,25)/t13-/m1/s1. The van der Waals surface area contributed by atoms with E-state index >= 15 is 0 Å². The van der Waals surface area contributed by atoms with Crippen molar-refractivity contribution in [2.24, 2.45) is 0 Å². The van der Waals surface area contributed by atoms with Crippen LogP contribution in [0.25, 0.3) is 16.6 Å². The molecule has 0 spiro atoms. The molecular formula is C20H20FN3O3. The largest absolute Gasteiger partial charge is 0.352 e. The molecule has 0 unspecified atom stereocenters. The third kappa shape index (κ3) is 3.28. The summed E-state index contributed by atoms with van der Waals surface area (Å²) in [6.07, 6.45) is 0. The van der Waals surface area contributed by atoms with Crippen LogP contribution in [0.2, 0.25) is 0 Å². The maximum atomic E-state index is 14.3. The number of para-hydroxylation sites is 2. The molecule has 1 N–H and O–H groups in total. The van der Waals surface area contributed by atoms with Crippen LogP contribution in [-0.2, 0) is 4.79 Å². The summed E-state index contributed by atoms with van der Waals surface area (Å²) in [5.74, 6) is -1.06. The smallest absolute Gasteiger partial charge is 0.336 e. The first-order valence-electron chi connectivity index (χ1n) is 8.64. The summed E-state index contributed by atoms with van der Waals surface area (Å²) >= 11 is 0. The lowest BCUT2D eigenvalue weighted by Gasteiger charge is -2.20. The van der Waals surface area contributed by atoms with Crippen molar-refractivity contribution in [3.63, 3.8) is 0 Å². The maximum absolute atomic E-state index is 14.3. The van der Waals surface area contributed by atoms with Gasteiger partial charge in [0, 0.05) is 6.04 Å². The van der Waals surface area contributed by atoms with Gasteiger partial charge in [0.15, 0.2) is 0 Å². The van der Waals surface area contributed by atoms with Gasteiger partial charge in [-0.15, -0.1) is 0 Å². The Labute approximate surface area is 154 Å². The molecule has 6 nitrogen and oxygen atoms in total. The number of amides is 1. The summed E-state index contributed by atoms with van der Waals surface area (Å²) in [6.45, 7) is 5.19. The van der Waals surface area contributed by atoms with E-state index in [0.717, 1.165) is 4.57 Å². The highest BCUT2D eigenvalue weighted by Crippen LogP contribution is 2.16. The minimum Gasteiger partial charge on any atom is -0.352 e. The van der Waals surface area contributed by atoms with Crippen LogP contribution in [0, 0.1) is 5.82 Å². The molecule has 0 aliphatic rings. The van der Waals surface area contributed by atoms with Crippen molar-refractivity contribution in [1.29, 1.82) is 0 Å². The van der Waals surface area contributed by atoms with E-state index in [1.807, 2.05) is 13.8 Å². The number of hydrogen-bond acceptors (Lipinski definition) is 3. The van der Waals surface area contributed by atoms with Gasteiger partial charge in [0.2, 0.25) is 5.91 Å². The first-order chi connectivity index (χ1) is 12.8. The molecule has 0 saturated heterocycles. The average Bonchev–Trinajstić information content (AvgIpc) is 2.62. The number of carbonyl (C=O) groups excluding carboxylic acids is 1. The quantitative estimate of drug-likeness (QED) is 0.767. The third-order valence-electron chi connectivity index (χ3n) is 4.29. The van der Waals surface area contributed by atoms with E-state index in [9.17, 15) is 18.8 Å². The number of halogens is 1. The van der Waals surface area contributed by atoms with Crippen molar-refractivity contribution in [2.45, 2.75) is 32.9 Å². The van der Waals surface area contributed by atoms with Crippen molar-refractivity contribution < 1.29 is 9.18 Å². The lowest BCUT2D eigenvalue weighted by atomic mass is 10.2. The summed E-state index contributed by atoms with van der Waals surface area (Å²) in [7, 11) is 0. The Bertz CT molecular complexity index is 1130. The van der Waals surface area contributed by atoms with Gasteiger partial charge in [-0.3, -0.25) is 14.2 Å². The molecule has 0 fully saturated rings. The van der Waals surface area contributed by atoms with Crippen molar-refractivity contribution in [3.8, 4) is 5.69 Å². The summed E-state index contributed by atoms with van der Waals surface area (Å²) in [5.41, 5.74) is -1.22. The van der Waals surface area contributed by atoms with E-state index in [4.69, 9.17) is 0 Å². The lowest BCUT2D eigenvalue weighted by molar-refractivity contribution is -0.124. The molecule has 0 saturated carbocycles. The van der Waals surface area contributed by atoms with Crippen LogP contribution in [0.15, 0.2) is 58.1 Å². The van der Waals surface area contributed by atoms with E-state index in [1.165, 1.54) is 22.8 Å². The second-order valence-corrected chi connectivity index (χ2v) is 6.60.